The maximum atomic E-state index is 11.6. The standard InChI is InChI=1S/C14H26N2O3S/c1-16(13-5-7-20(18,19)9-13)12-4-6-14(8-12,10-17)15-11-2-3-11/h11-13,15,17H,2-10H2,1H3. The van der Waals surface area contributed by atoms with Gasteiger partial charge >= 0.3 is 0 Å². The Kier molecular flexibility index (Phi) is 3.86. The van der Waals surface area contributed by atoms with E-state index in [0.29, 0.717) is 23.6 Å². The van der Waals surface area contributed by atoms with Crippen molar-refractivity contribution in [3.63, 3.8) is 0 Å². The predicted octanol–water partition coefficient (Wildman–Crippen LogP) is 0.141. The van der Waals surface area contributed by atoms with E-state index < -0.39 is 9.84 Å². The summed E-state index contributed by atoms with van der Waals surface area (Å²) in [5, 5.41) is 13.4. The van der Waals surface area contributed by atoms with Gasteiger partial charge in [-0.15, -0.1) is 0 Å². The Labute approximate surface area is 121 Å². The summed E-state index contributed by atoms with van der Waals surface area (Å²) in [6, 6.07) is 1.16. The van der Waals surface area contributed by atoms with Gasteiger partial charge in [0.15, 0.2) is 9.84 Å². The highest BCUT2D eigenvalue weighted by Gasteiger charge is 2.45. The van der Waals surface area contributed by atoms with Crippen LogP contribution in [0.15, 0.2) is 0 Å². The molecule has 5 nitrogen and oxygen atoms in total. The third-order valence-electron chi connectivity index (χ3n) is 5.33. The predicted molar refractivity (Wildman–Crippen MR) is 78.4 cm³/mol. The van der Waals surface area contributed by atoms with Crippen LogP contribution in [-0.4, -0.2) is 67.2 Å². The smallest absolute Gasteiger partial charge is 0.151 e. The fraction of sp³-hybridized carbons (Fsp3) is 1.00. The van der Waals surface area contributed by atoms with Crippen molar-refractivity contribution in [3.05, 3.63) is 0 Å². The van der Waals surface area contributed by atoms with Gasteiger partial charge in [-0.05, 0) is 45.6 Å². The SMILES string of the molecule is CN(C1CCC(CO)(NC2CC2)C1)C1CCS(=O)(=O)C1. The number of nitrogens with one attached hydrogen (secondary N) is 1. The largest absolute Gasteiger partial charge is 0.394 e. The lowest BCUT2D eigenvalue weighted by Crippen LogP contribution is -2.49. The Bertz CT molecular complexity index is 463. The van der Waals surface area contributed by atoms with Crippen LogP contribution in [0.25, 0.3) is 0 Å². The highest BCUT2D eigenvalue weighted by Crippen LogP contribution is 2.37. The quantitative estimate of drug-likeness (QED) is 0.756. The van der Waals surface area contributed by atoms with Crippen molar-refractivity contribution in [1.29, 1.82) is 0 Å². The van der Waals surface area contributed by atoms with Crippen LogP contribution in [0.2, 0.25) is 0 Å². The fourth-order valence-corrected chi connectivity index (χ4v) is 5.61. The van der Waals surface area contributed by atoms with Crippen LogP contribution in [0, 0.1) is 0 Å². The molecular weight excluding hydrogens is 276 g/mol. The van der Waals surface area contributed by atoms with Crippen molar-refractivity contribution in [2.24, 2.45) is 0 Å². The summed E-state index contributed by atoms with van der Waals surface area (Å²) in [6.45, 7) is 0.191. The van der Waals surface area contributed by atoms with E-state index in [1.807, 2.05) is 0 Å². The zero-order valence-corrected chi connectivity index (χ0v) is 13.0. The fourth-order valence-electron chi connectivity index (χ4n) is 3.82. The van der Waals surface area contributed by atoms with Crippen LogP contribution < -0.4 is 5.32 Å². The Morgan fingerprint density at radius 1 is 1.25 bits per heavy atom. The number of rotatable bonds is 5. The number of hydrogen-bond acceptors (Lipinski definition) is 5. The van der Waals surface area contributed by atoms with E-state index in [-0.39, 0.29) is 18.2 Å². The van der Waals surface area contributed by atoms with Gasteiger partial charge < -0.3 is 10.4 Å². The summed E-state index contributed by atoms with van der Waals surface area (Å²) >= 11 is 0. The Morgan fingerprint density at radius 3 is 2.55 bits per heavy atom. The normalized spacial score (nSPS) is 40.5. The van der Waals surface area contributed by atoms with E-state index in [9.17, 15) is 13.5 Å². The number of aliphatic hydroxyl groups is 1. The van der Waals surface area contributed by atoms with Crippen molar-refractivity contribution in [3.8, 4) is 0 Å². The van der Waals surface area contributed by atoms with Gasteiger partial charge in [0, 0.05) is 23.7 Å². The second-order valence-electron chi connectivity index (χ2n) is 6.98. The van der Waals surface area contributed by atoms with Crippen molar-refractivity contribution < 1.29 is 13.5 Å². The van der Waals surface area contributed by atoms with Crippen molar-refractivity contribution >= 4 is 9.84 Å². The summed E-state index contributed by atoms with van der Waals surface area (Å²) in [6.07, 6.45) is 6.19. The zero-order valence-electron chi connectivity index (χ0n) is 12.2. The van der Waals surface area contributed by atoms with E-state index in [0.717, 1.165) is 25.7 Å². The van der Waals surface area contributed by atoms with Gasteiger partial charge in [0.05, 0.1) is 18.1 Å². The second-order valence-corrected chi connectivity index (χ2v) is 9.20. The molecule has 0 aromatic heterocycles. The molecule has 0 bridgehead atoms. The molecule has 2 saturated carbocycles. The second kappa shape index (κ2) is 5.23. The minimum Gasteiger partial charge on any atom is -0.394 e. The Hall–Kier alpha value is -0.170. The Balaban J connectivity index is 1.61. The van der Waals surface area contributed by atoms with Crippen LogP contribution in [0.5, 0.6) is 0 Å². The molecule has 3 unspecified atom stereocenters. The molecule has 3 atom stereocenters. The molecule has 3 aliphatic rings. The molecule has 0 spiro atoms. The summed E-state index contributed by atoms with van der Waals surface area (Å²) in [7, 11) is -0.764. The van der Waals surface area contributed by atoms with Crippen LogP contribution >= 0.6 is 0 Å². The first-order valence-electron chi connectivity index (χ1n) is 7.74. The van der Waals surface area contributed by atoms with Gasteiger partial charge in [-0.2, -0.15) is 0 Å². The Morgan fingerprint density at radius 2 is 2.00 bits per heavy atom. The maximum Gasteiger partial charge on any atom is 0.151 e. The number of nitrogens with zero attached hydrogens (tertiary/aromatic N) is 1. The van der Waals surface area contributed by atoms with E-state index in [2.05, 4.69) is 17.3 Å². The van der Waals surface area contributed by atoms with Gasteiger partial charge in [0.25, 0.3) is 0 Å². The molecule has 2 aliphatic carbocycles. The molecule has 20 heavy (non-hydrogen) atoms. The summed E-state index contributed by atoms with van der Waals surface area (Å²) in [5.41, 5.74) is -0.127. The van der Waals surface area contributed by atoms with Crippen LogP contribution in [0.3, 0.4) is 0 Å². The third-order valence-corrected chi connectivity index (χ3v) is 7.08. The van der Waals surface area contributed by atoms with E-state index in [4.69, 9.17) is 0 Å². The molecule has 2 N–H and O–H groups in total. The molecule has 3 fully saturated rings. The van der Waals surface area contributed by atoms with E-state index in [1.165, 1.54) is 12.8 Å². The van der Waals surface area contributed by atoms with E-state index in [1.54, 1.807) is 0 Å². The molecule has 0 aromatic rings. The van der Waals surface area contributed by atoms with Crippen LogP contribution in [0.4, 0.5) is 0 Å². The summed E-state index contributed by atoms with van der Waals surface area (Å²) in [5.74, 6) is 0.641. The van der Waals surface area contributed by atoms with Crippen molar-refractivity contribution in [2.45, 2.75) is 62.2 Å². The molecule has 1 saturated heterocycles. The van der Waals surface area contributed by atoms with Gasteiger partial charge in [-0.25, -0.2) is 8.42 Å². The molecule has 1 aliphatic heterocycles. The lowest BCUT2D eigenvalue weighted by Gasteiger charge is -2.33. The average Bonchev–Trinajstić information content (AvgIpc) is 2.98. The number of hydrogen-bond donors (Lipinski definition) is 2. The lowest BCUT2D eigenvalue weighted by molar-refractivity contribution is 0.138. The van der Waals surface area contributed by atoms with Crippen LogP contribution in [-0.2, 0) is 9.84 Å². The minimum absolute atomic E-state index is 0.127. The molecule has 0 amide bonds. The van der Waals surface area contributed by atoms with Crippen LogP contribution in [0.1, 0.15) is 38.5 Å². The zero-order chi connectivity index (χ0) is 14.4. The first kappa shape index (κ1) is 14.8. The summed E-state index contributed by atoms with van der Waals surface area (Å²) in [4.78, 5) is 2.26. The maximum absolute atomic E-state index is 11.6. The molecule has 0 radical (unpaired) electrons. The third kappa shape index (κ3) is 3.03. The average molecular weight is 302 g/mol. The first-order valence-corrected chi connectivity index (χ1v) is 9.56. The first-order chi connectivity index (χ1) is 9.43. The van der Waals surface area contributed by atoms with Gasteiger partial charge in [-0.3, -0.25) is 4.90 Å². The topological polar surface area (TPSA) is 69.6 Å². The van der Waals surface area contributed by atoms with E-state index >= 15 is 0 Å². The molecule has 1 heterocycles. The van der Waals surface area contributed by atoms with Crippen molar-refractivity contribution in [1.82, 2.24) is 10.2 Å². The highest BCUT2D eigenvalue weighted by atomic mass is 32.2. The molecular formula is C14H26N2O3S. The van der Waals surface area contributed by atoms with Gasteiger partial charge in [0.1, 0.15) is 0 Å². The molecule has 0 aromatic carbocycles. The number of aliphatic hydroxyl groups excluding tert-OH is 1. The molecule has 3 rings (SSSR count). The molecule has 6 heteroatoms. The van der Waals surface area contributed by atoms with Gasteiger partial charge in [0.2, 0.25) is 0 Å². The van der Waals surface area contributed by atoms with Gasteiger partial charge in [-0.1, -0.05) is 0 Å². The monoisotopic (exact) mass is 302 g/mol. The number of sulfone groups is 1. The highest BCUT2D eigenvalue weighted by molar-refractivity contribution is 7.91. The van der Waals surface area contributed by atoms with Crippen molar-refractivity contribution in [2.75, 3.05) is 25.2 Å². The summed E-state index contributed by atoms with van der Waals surface area (Å²) < 4.78 is 23.2. The molecule has 116 valence electrons. The minimum atomic E-state index is -2.82. The lowest BCUT2D eigenvalue weighted by atomic mass is 9.98.